The molecule has 21 heavy (non-hydrogen) atoms. The Bertz CT molecular complexity index is 433. The largest absolute Gasteiger partial charge is 0.349 e. The van der Waals surface area contributed by atoms with E-state index >= 15 is 0 Å². The third-order valence-electron chi connectivity index (χ3n) is 3.08. The van der Waals surface area contributed by atoms with Gasteiger partial charge in [0.15, 0.2) is 0 Å². The summed E-state index contributed by atoms with van der Waals surface area (Å²) >= 11 is 1.83. The minimum atomic E-state index is 0.210. The van der Waals surface area contributed by atoms with Crippen molar-refractivity contribution in [2.75, 3.05) is 26.4 Å². The summed E-state index contributed by atoms with van der Waals surface area (Å²) in [6.07, 6.45) is 1.56. The second-order valence-corrected chi connectivity index (χ2v) is 7.08. The molecule has 1 amide bonds. The fourth-order valence-electron chi connectivity index (χ4n) is 1.89. The molecule has 118 valence electrons. The normalized spacial score (nSPS) is 10.9. The van der Waals surface area contributed by atoms with Crippen LogP contribution in [0, 0.1) is 5.92 Å². The van der Waals surface area contributed by atoms with Crippen LogP contribution >= 0.6 is 11.8 Å². The van der Waals surface area contributed by atoms with Crippen LogP contribution in [0.25, 0.3) is 0 Å². The zero-order chi connectivity index (χ0) is 15.7. The number of nitrogens with zero attached hydrogens (tertiary/aromatic N) is 1. The van der Waals surface area contributed by atoms with Crippen molar-refractivity contribution in [3.05, 3.63) is 29.8 Å². The maximum Gasteiger partial charge on any atom is 0.222 e. The van der Waals surface area contributed by atoms with Gasteiger partial charge in [0.25, 0.3) is 0 Å². The molecule has 0 atom stereocenters. The van der Waals surface area contributed by atoms with Crippen LogP contribution in [0.15, 0.2) is 29.2 Å². The van der Waals surface area contributed by atoms with E-state index in [1.54, 1.807) is 4.90 Å². The van der Waals surface area contributed by atoms with E-state index < -0.39 is 0 Å². The molecular weight excluding hydrogens is 280 g/mol. The van der Waals surface area contributed by atoms with E-state index in [0.29, 0.717) is 12.3 Å². The van der Waals surface area contributed by atoms with Gasteiger partial charge in [0.1, 0.15) is 0 Å². The average molecular weight is 308 g/mol. The Balaban J connectivity index is 2.30. The molecule has 1 N–H and O–H groups in total. The van der Waals surface area contributed by atoms with Gasteiger partial charge in [-0.3, -0.25) is 4.79 Å². The Kier molecular flexibility index (Phi) is 8.47. The van der Waals surface area contributed by atoms with Crippen molar-refractivity contribution in [3.8, 4) is 0 Å². The van der Waals surface area contributed by atoms with Crippen molar-refractivity contribution < 1.29 is 4.79 Å². The molecule has 0 aliphatic carbocycles. The molecule has 1 aromatic rings. The first-order valence-electron chi connectivity index (χ1n) is 7.61. The zero-order valence-electron chi connectivity index (χ0n) is 13.7. The van der Waals surface area contributed by atoms with Gasteiger partial charge >= 0.3 is 0 Å². The highest BCUT2D eigenvalue weighted by atomic mass is 32.2. The number of hydrogen-bond acceptors (Lipinski definition) is 3. The fraction of sp³-hybridized carbons (Fsp3) is 0.588. The molecule has 0 unspecified atom stereocenters. The van der Waals surface area contributed by atoms with Crippen molar-refractivity contribution in [3.63, 3.8) is 0 Å². The summed E-state index contributed by atoms with van der Waals surface area (Å²) in [4.78, 5) is 14.4. The van der Waals surface area contributed by atoms with E-state index in [2.05, 4.69) is 43.4 Å². The van der Waals surface area contributed by atoms with E-state index in [9.17, 15) is 4.79 Å². The average Bonchev–Trinajstić information content (AvgIpc) is 2.43. The summed E-state index contributed by atoms with van der Waals surface area (Å²) < 4.78 is 0. The van der Waals surface area contributed by atoms with E-state index in [0.717, 1.165) is 25.3 Å². The standard InChI is InChI=1S/C17H28N2OS/c1-14(2)12-18-13-15-7-5-8-16(11-15)21-10-6-9-17(20)19(3)4/h5,7-8,11,14,18H,6,9-10,12-13H2,1-4H3. The van der Waals surface area contributed by atoms with E-state index in [4.69, 9.17) is 0 Å². The quantitative estimate of drug-likeness (QED) is 0.560. The second-order valence-electron chi connectivity index (χ2n) is 5.91. The number of benzene rings is 1. The Hall–Kier alpha value is -1.00. The molecular formula is C17H28N2OS. The Morgan fingerprint density at radius 1 is 1.33 bits per heavy atom. The second kappa shape index (κ2) is 9.85. The SMILES string of the molecule is CC(C)CNCc1cccc(SCCCC(=O)N(C)C)c1. The number of amides is 1. The lowest BCUT2D eigenvalue weighted by atomic mass is 10.2. The van der Waals surface area contributed by atoms with Gasteiger partial charge in [-0.1, -0.05) is 26.0 Å². The van der Waals surface area contributed by atoms with E-state index in [1.165, 1.54) is 10.5 Å². The molecule has 0 aromatic heterocycles. The first-order chi connectivity index (χ1) is 9.99. The van der Waals surface area contributed by atoms with Crippen LogP contribution in [0.4, 0.5) is 0 Å². The molecule has 0 aliphatic heterocycles. The number of nitrogens with one attached hydrogen (secondary N) is 1. The van der Waals surface area contributed by atoms with Crippen LogP contribution in [0.3, 0.4) is 0 Å². The molecule has 3 nitrogen and oxygen atoms in total. The lowest BCUT2D eigenvalue weighted by Gasteiger charge is -2.10. The number of rotatable bonds is 9. The van der Waals surface area contributed by atoms with Gasteiger partial charge in [0.05, 0.1) is 0 Å². The monoisotopic (exact) mass is 308 g/mol. The molecule has 0 heterocycles. The predicted molar refractivity (Wildman–Crippen MR) is 91.6 cm³/mol. The minimum absolute atomic E-state index is 0.210. The molecule has 0 saturated carbocycles. The van der Waals surface area contributed by atoms with E-state index in [-0.39, 0.29) is 5.91 Å². The Morgan fingerprint density at radius 3 is 2.76 bits per heavy atom. The number of hydrogen-bond donors (Lipinski definition) is 1. The number of thioether (sulfide) groups is 1. The van der Waals surface area contributed by atoms with Crippen molar-refractivity contribution in [2.45, 2.75) is 38.1 Å². The van der Waals surface area contributed by atoms with E-state index in [1.807, 2.05) is 25.9 Å². The van der Waals surface area contributed by atoms with Gasteiger partial charge in [-0.2, -0.15) is 0 Å². The van der Waals surface area contributed by atoms with Crippen LogP contribution in [-0.2, 0) is 11.3 Å². The van der Waals surface area contributed by atoms with Crippen molar-refractivity contribution in [2.24, 2.45) is 5.92 Å². The third-order valence-corrected chi connectivity index (χ3v) is 4.16. The van der Waals surface area contributed by atoms with Gasteiger partial charge in [-0.25, -0.2) is 0 Å². The first-order valence-corrected chi connectivity index (χ1v) is 8.60. The molecule has 0 fully saturated rings. The lowest BCUT2D eigenvalue weighted by Crippen LogP contribution is -2.21. The Morgan fingerprint density at radius 2 is 2.10 bits per heavy atom. The summed E-state index contributed by atoms with van der Waals surface area (Å²) in [5.74, 6) is 1.88. The first kappa shape index (κ1) is 18.1. The topological polar surface area (TPSA) is 32.3 Å². The third kappa shape index (κ3) is 8.12. The summed E-state index contributed by atoms with van der Waals surface area (Å²) in [7, 11) is 3.62. The van der Waals surface area contributed by atoms with Crippen LogP contribution in [0.1, 0.15) is 32.3 Å². The van der Waals surface area contributed by atoms with Crippen LogP contribution in [-0.4, -0.2) is 37.2 Å². The van der Waals surface area contributed by atoms with Crippen molar-refractivity contribution in [1.29, 1.82) is 0 Å². The summed E-state index contributed by atoms with van der Waals surface area (Å²) in [5.41, 5.74) is 1.32. The van der Waals surface area contributed by atoms with Crippen LogP contribution < -0.4 is 5.32 Å². The van der Waals surface area contributed by atoms with Gasteiger partial charge in [0, 0.05) is 32.0 Å². The Labute approximate surface area is 133 Å². The molecule has 0 spiro atoms. The van der Waals surface area contributed by atoms with Crippen LogP contribution in [0.2, 0.25) is 0 Å². The summed E-state index contributed by atoms with van der Waals surface area (Å²) in [5, 5.41) is 3.46. The highest BCUT2D eigenvalue weighted by Crippen LogP contribution is 2.20. The maximum absolute atomic E-state index is 11.5. The predicted octanol–water partition coefficient (Wildman–Crippen LogP) is 3.39. The van der Waals surface area contributed by atoms with Crippen LogP contribution in [0.5, 0.6) is 0 Å². The molecule has 0 aliphatic rings. The lowest BCUT2D eigenvalue weighted by molar-refractivity contribution is -0.128. The van der Waals surface area contributed by atoms with Crippen molar-refractivity contribution in [1.82, 2.24) is 10.2 Å². The highest BCUT2D eigenvalue weighted by molar-refractivity contribution is 7.99. The van der Waals surface area contributed by atoms with Gasteiger partial charge < -0.3 is 10.2 Å². The molecule has 0 radical (unpaired) electrons. The van der Waals surface area contributed by atoms with Crippen molar-refractivity contribution >= 4 is 17.7 Å². The molecule has 0 bridgehead atoms. The number of carbonyl (C=O) groups is 1. The smallest absolute Gasteiger partial charge is 0.222 e. The van der Waals surface area contributed by atoms with Gasteiger partial charge in [-0.15, -0.1) is 11.8 Å². The maximum atomic E-state index is 11.5. The summed E-state index contributed by atoms with van der Waals surface area (Å²) in [6.45, 7) is 6.40. The highest BCUT2D eigenvalue weighted by Gasteiger charge is 2.03. The fourth-order valence-corrected chi connectivity index (χ4v) is 2.82. The number of carbonyl (C=O) groups excluding carboxylic acids is 1. The molecule has 4 heteroatoms. The molecule has 1 rings (SSSR count). The minimum Gasteiger partial charge on any atom is -0.349 e. The zero-order valence-corrected chi connectivity index (χ0v) is 14.5. The summed E-state index contributed by atoms with van der Waals surface area (Å²) in [6, 6.07) is 8.66. The molecule has 0 saturated heterocycles. The van der Waals surface area contributed by atoms with Gasteiger partial charge in [0.2, 0.25) is 5.91 Å². The molecule has 1 aromatic carbocycles. The van der Waals surface area contributed by atoms with Gasteiger partial charge in [-0.05, 0) is 42.3 Å².